The molecule has 0 atom stereocenters. The first kappa shape index (κ1) is 15.2. The molecule has 0 N–H and O–H groups in total. The van der Waals surface area contributed by atoms with E-state index in [4.69, 9.17) is 0 Å². The minimum atomic E-state index is -1.45. The summed E-state index contributed by atoms with van der Waals surface area (Å²) < 4.78 is 39.3. The molecule has 0 aliphatic carbocycles. The molecule has 0 unspecified atom stereocenters. The fourth-order valence-corrected chi connectivity index (χ4v) is 1.90. The van der Waals surface area contributed by atoms with Gasteiger partial charge in [-0.2, -0.15) is 0 Å². The lowest BCUT2D eigenvalue weighted by Gasteiger charge is -2.04. The SMILES string of the molecule is CCCCC#Cc1ccc(-c2cc(F)c(F)c(F)c2)cc1. The van der Waals surface area contributed by atoms with E-state index in [9.17, 15) is 13.2 Å². The summed E-state index contributed by atoms with van der Waals surface area (Å²) in [6.45, 7) is 2.11. The Hall–Kier alpha value is -2.21. The third-order valence-electron chi connectivity index (χ3n) is 3.09. The molecule has 2 aromatic rings. The molecule has 0 saturated heterocycles. The summed E-state index contributed by atoms with van der Waals surface area (Å²) in [6.07, 6.45) is 3.03. The van der Waals surface area contributed by atoms with E-state index in [0.717, 1.165) is 37.0 Å². The lowest BCUT2D eigenvalue weighted by atomic mass is 10.0. The van der Waals surface area contributed by atoms with Gasteiger partial charge in [-0.25, -0.2) is 13.2 Å². The number of benzene rings is 2. The smallest absolute Gasteiger partial charge is 0.194 e. The molecule has 0 bridgehead atoms. The summed E-state index contributed by atoms with van der Waals surface area (Å²) in [7, 11) is 0. The second kappa shape index (κ2) is 6.99. The van der Waals surface area contributed by atoms with Crippen LogP contribution in [0.5, 0.6) is 0 Å². The maximum absolute atomic E-state index is 13.2. The molecule has 0 saturated carbocycles. The zero-order chi connectivity index (χ0) is 15.2. The van der Waals surface area contributed by atoms with Gasteiger partial charge < -0.3 is 0 Å². The standard InChI is InChI=1S/C18H15F3/c1-2-3-4-5-6-13-7-9-14(10-8-13)15-11-16(19)18(21)17(20)12-15/h7-12H,2-4H2,1H3. The highest BCUT2D eigenvalue weighted by Gasteiger charge is 2.11. The van der Waals surface area contributed by atoms with Crippen molar-refractivity contribution in [1.82, 2.24) is 0 Å². The summed E-state index contributed by atoms with van der Waals surface area (Å²) in [5.74, 6) is 2.28. The van der Waals surface area contributed by atoms with Crippen molar-refractivity contribution in [2.75, 3.05) is 0 Å². The van der Waals surface area contributed by atoms with Gasteiger partial charge in [0.25, 0.3) is 0 Å². The molecule has 21 heavy (non-hydrogen) atoms. The topological polar surface area (TPSA) is 0 Å². The molecule has 2 aromatic carbocycles. The predicted molar refractivity (Wildman–Crippen MR) is 78.2 cm³/mol. The highest BCUT2D eigenvalue weighted by Crippen LogP contribution is 2.24. The number of rotatable bonds is 3. The Kier molecular flexibility index (Phi) is 5.05. The Balaban J connectivity index is 2.20. The van der Waals surface area contributed by atoms with Crippen LogP contribution >= 0.6 is 0 Å². The van der Waals surface area contributed by atoms with Gasteiger partial charge in [0, 0.05) is 12.0 Å². The van der Waals surface area contributed by atoms with E-state index >= 15 is 0 Å². The molecule has 0 nitrogen and oxygen atoms in total. The normalized spacial score (nSPS) is 10.1. The fraction of sp³-hybridized carbons (Fsp3) is 0.222. The molecule has 0 amide bonds. The van der Waals surface area contributed by atoms with E-state index in [2.05, 4.69) is 18.8 Å². The molecule has 2 rings (SSSR count). The van der Waals surface area contributed by atoms with E-state index in [-0.39, 0.29) is 0 Å². The number of unbranched alkanes of at least 4 members (excludes halogenated alkanes) is 2. The van der Waals surface area contributed by atoms with Crippen molar-refractivity contribution in [3.63, 3.8) is 0 Å². The van der Waals surface area contributed by atoms with Crippen LogP contribution in [0.1, 0.15) is 31.7 Å². The molecule has 0 heterocycles. The molecule has 0 aromatic heterocycles. The van der Waals surface area contributed by atoms with Gasteiger partial charge in [-0.3, -0.25) is 0 Å². The second-order valence-electron chi connectivity index (χ2n) is 4.74. The Morgan fingerprint density at radius 2 is 1.52 bits per heavy atom. The second-order valence-corrected chi connectivity index (χ2v) is 4.74. The third kappa shape index (κ3) is 3.88. The largest absolute Gasteiger partial charge is 0.204 e. The first-order chi connectivity index (χ1) is 10.1. The number of hydrogen-bond donors (Lipinski definition) is 0. The van der Waals surface area contributed by atoms with Gasteiger partial charge in [-0.15, -0.1) is 0 Å². The van der Waals surface area contributed by atoms with Crippen molar-refractivity contribution >= 4 is 0 Å². The van der Waals surface area contributed by atoms with Gasteiger partial charge in [-0.1, -0.05) is 37.3 Å². The first-order valence-electron chi connectivity index (χ1n) is 6.85. The average Bonchev–Trinajstić information content (AvgIpc) is 2.49. The Morgan fingerprint density at radius 3 is 2.10 bits per heavy atom. The third-order valence-corrected chi connectivity index (χ3v) is 3.09. The molecular formula is C18H15F3. The van der Waals surface area contributed by atoms with Gasteiger partial charge in [0.2, 0.25) is 0 Å². The van der Waals surface area contributed by atoms with Gasteiger partial charge >= 0.3 is 0 Å². The van der Waals surface area contributed by atoms with E-state index in [1.54, 1.807) is 24.3 Å². The first-order valence-corrected chi connectivity index (χ1v) is 6.85. The molecular weight excluding hydrogens is 273 g/mol. The molecule has 0 fully saturated rings. The van der Waals surface area contributed by atoms with Crippen molar-refractivity contribution in [2.24, 2.45) is 0 Å². The van der Waals surface area contributed by atoms with Gasteiger partial charge in [0.15, 0.2) is 17.5 Å². The van der Waals surface area contributed by atoms with Crippen molar-refractivity contribution in [3.05, 3.63) is 59.4 Å². The van der Waals surface area contributed by atoms with Crippen LogP contribution in [0.3, 0.4) is 0 Å². The summed E-state index contributed by atoms with van der Waals surface area (Å²) in [5, 5.41) is 0. The monoisotopic (exact) mass is 288 g/mol. The van der Waals surface area contributed by atoms with E-state index < -0.39 is 17.5 Å². The lowest BCUT2D eigenvalue weighted by molar-refractivity contribution is 0.448. The average molecular weight is 288 g/mol. The van der Waals surface area contributed by atoms with Crippen molar-refractivity contribution in [3.8, 4) is 23.0 Å². The molecule has 3 heteroatoms. The minimum Gasteiger partial charge on any atom is -0.204 e. The van der Waals surface area contributed by atoms with Crippen molar-refractivity contribution < 1.29 is 13.2 Å². The Morgan fingerprint density at radius 1 is 0.905 bits per heavy atom. The summed E-state index contributed by atoms with van der Waals surface area (Å²) in [4.78, 5) is 0. The van der Waals surface area contributed by atoms with Crippen LogP contribution in [0.2, 0.25) is 0 Å². The predicted octanol–water partition coefficient (Wildman–Crippen LogP) is 5.31. The molecule has 0 radical (unpaired) electrons. The Labute approximate surface area is 122 Å². The van der Waals surface area contributed by atoms with Crippen LogP contribution in [0.25, 0.3) is 11.1 Å². The van der Waals surface area contributed by atoms with Crippen LogP contribution in [0, 0.1) is 29.3 Å². The Bertz CT molecular complexity index is 653. The van der Waals surface area contributed by atoms with Gasteiger partial charge in [-0.05, 0) is 41.8 Å². The van der Waals surface area contributed by atoms with Crippen LogP contribution < -0.4 is 0 Å². The molecule has 0 aliphatic rings. The zero-order valence-corrected chi connectivity index (χ0v) is 11.7. The highest BCUT2D eigenvalue weighted by molar-refractivity contribution is 5.64. The summed E-state index contributed by atoms with van der Waals surface area (Å²) >= 11 is 0. The minimum absolute atomic E-state index is 0.303. The van der Waals surface area contributed by atoms with Crippen molar-refractivity contribution in [2.45, 2.75) is 26.2 Å². The van der Waals surface area contributed by atoms with Gasteiger partial charge in [0.1, 0.15) is 0 Å². The quantitative estimate of drug-likeness (QED) is 0.408. The van der Waals surface area contributed by atoms with Crippen LogP contribution in [-0.2, 0) is 0 Å². The fourth-order valence-electron chi connectivity index (χ4n) is 1.90. The van der Waals surface area contributed by atoms with Crippen LogP contribution in [0.4, 0.5) is 13.2 Å². The lowest BCUT2D eigenvalue weighted by Crippen LogP contribution is -1.91. The molecule has 0 spiro atoms. The summed E-state index contributed by atoms with van der Waals surface area (Å²) in [5.41, 5.74) is 1.77. The highest BCUT2D eigenvalue weighted by atomic mass is 19.2. The molecule has 108 valence electrons. The maximum atomic E-state index is 13.2. The van der Waals surface area contributed by atoms with Gasteiger partial charge in [0.05, 0.1) is 0 Å². The van der Waals surface area contributed by atoms with E-state index in [1.165, 1.54) is 0 Å². The van der Waals surface area contributed by atoms with Crippen molar-refractivity contribution in [1.29, 1.82) is 0 Å². The van der Waals surface area contributed by atoms with E-state index in [1.807, 2.05) is 0 Å². The molecule has 0 aliphatic heterocycles. The van der Waals surface area contributed by atoms with Crippen LogP contribution in [0.15, 0.2) is 36.4 Å². The van der Waals surface area contributed by atoms with E-state index in [0.29, 0.717) is 11.1 Å². The summed E-state index contributed by atoms with van der Waals surface area (Å²) in [6, 6.07) is 8.98. The maximum Gasteiger partial charge on any atom is 0.194 e. The number of halogens is 3. The zero-order valence-electron chi connectivity index (χ0n) is 11.7. The number of hydrogen-bond acceptors (Lipinski definition) is 0. The van der Waals surface area contributed by atoms with Crippen LogP contribution in [-0.4, -0.2) is 0 Å².